The van der Waals surface area contributed by atoms with E-state index in [1.54, 1.807) is 32.2 Å². The Bertz CT molecular complexity index is 1150. The minimum atomic E-state index is -0.552. The van der Waals surface area contributed by atoms with Gasteiger partial charge in [0.1, 0.15) is 0 Å². The number of pyridine rings is 1. The standard InChI is InChI=1S/C23H24Cl2N4O4.2ClH/c1-12(26)21-20(22(30)28-8-15-16(24)9-27-10-17(15)25)29-23(33-21)14-5-6-18(31-2)19(7-14)32-11-13-3-4-13;;/h5-7,9-10,12-13H,3-4,8,11,26H2,1-2H3,(H,28,30);2*1H. The van der Waals surface area contributed by atoms with E-state index in [4.69, 9.17) is 42.8 Å². The minimum absolute atomic E-state index is 0. The average Bonchev–Trinajstić information content (AvgIpc) is 3.51. The molecule has 4 rings (SSSR count). The number of oxazole rings is 1. The lowest BCUT2D eigenvalue weighted by molar-refractivity contribution is 0.0944. The number of hydrogen-bond donors (Lipinski definition) is 2. The monoisotopic (exact) mass is 562 g/mol. The summed E-state index contributed by atoms with van der Waals surface area (Å²) in [4.78, 5) is 21.3. The number of amides is 1. The van der Waals surface area contributed by atoms with Gasteiger partial charge in [0.15, 0.2) is 23.0 Å². The Kier molecular flexibility index (Phi) is 10.5. The summed E-state index contributed by atoms with van der Waals surface area (Å²) < 4.78 is 17.2. The van der Waals surface area contributed by atoms with Gasteiger partial charge in [-0.15, -0.1) is 24.8 Å². The highest BCUT2D eigenvalue weighted by Gasteiger charge is 2.25. The summed E-state index contributed by atoms with van der Waals surface area (Å²) >= 11 is 12.3. The van der Waals surface area contributed by atoms with Crippen LogP contribution < -0.4 is 20.5 Å². The van der Waals surface area contributed by atoms with Crippen molar-refractivity contribution in [2.24, 2.45) is 11.7 Å². The Morgan fingerprint density at radius 2 is 1.91 bits per heavy atom. The number of carbonyl (C=O) groups is 1. The van der Waals surface area contributed by atoms with E-state index in [1.807, 2.05) is 0 Å². The molecule has 1 aromatic carbocycles. The second-order valence-electron chi connectivity index (χ2n) is 7.90. The molecule has 0 radical (unpaired) electrons. The molecule has 0 saturated heterocycles. The SMILES string of the molecule is COc1ccc(-c2nc(C(=O)NCc3c(Cl)cncc3Cl)c(C(C)N)o2)cc1OCC1CC1.Cl.Cl. The summed E-state index contributed by atoms with van der Waals surface area (Å²) in [6.45, 7) is 2.45. The number of rotatable bonds is 9. The van der Waals surface area contributed by atoms with Crippen molar-refractivity contribution in [3.05, 3.63) is 57.7 Å². The van der Waals surface area contributed by atoms with Gasteiger partial charge < -0.3 is 24.9 Å². The van der Waals surface area contributed by atoms with Gasteiger partial charge in [-0.05, 0) is 43.9 Å². The molecule has 2 aromatic heterocycles. The molecule has 0 bridgehead atoms. The number of nitrogens with zero attached hydrogens (tertiary/aromatic N) is 2. The van der Waals surface area contributed by atoms with E-state index >= 15 is 0 Å². The molecule has 190 valence electrons. The predicted octanol–water partition coefficient (Wildman–Crippen LogP) is 5.63. The van der Waals surface area contributed by atoms with E-state index in [0.29, 0.717) is 45.2 Å². The molecule has 8 nitrogen and oxygen atoms in total. The number of methoxy groups -OCH3 is 1. The third-order valence-electron chi connectivity index (χ3n) is 5.24. The largest absolute Gasteiger partial charge is 0.493 e. The van der Waals surface area contributed by atoms with E-state index in [-0.39, 0.29) is 48.7 Å². The molecule has 1 fully saturated rings. The molecular formula is C23H26Cl4N4O4. The van der Waals surface area contributed by atoms with Gasteiger partial charge in [0.25, 0.3) is 5.91 Å². The zero-order valence-corrected chi connectivity index (χ0v) is 22.2. The molecule has 3 N–H and O–H groups in total. The molecule has 1 aliphatic carbocycles. The van der Waals surface area contributed by atoms with Crippen LogP contribution >= 0.6 is 48.0 Å². The second kappa shape index (κ2) is 12.6. The Balaban J connectivity index is 0.00000216. The highest BCUT2D eigenvalue weighted by molar-refractivity contribution is 6.35. The van der Waals surface area contributed by atoms with E-state index in [9.17, 15) is 4.79 Å². The van der Waals surface area contributed by atoms with Crippen molar-refractivity contribution in [1.29, 1.82) is 0 Å². The van der Waals surface area contributed by atoms with E-state index in [0.717, 1.165) is 0 Å². The van der Waals surface area contributed by atoms with Crippen molar-refractivity contribution in [2.75, 3.05) is 13.7 Å². The Morgan fingerprint density at radius 3 is 2.51 bits per heavy atom. The number of ether oxygens (including phenoxy) is 2. The van der Waals surface area contributed by atoms with Crippen molar-refractivity contribution in [3.63, 3.8) is 0 Å². The lowest BCUT2D eigenvalue weighted by Gasteiger charge is -2.11. The van der Waals surface area contributed by atoms with Gasteiger partial charge in [-0.1, -0.05) is 23.2 Å². The number of aromatic nitrogens is 2. The van der Waals surface area contributed by atoms with Crippen LogP contribution in [0.5, 0.6) is 11.5 Å². The second-order valence-corrected chi connectivity index (χ2v) is 8.72. The Morgan fingerprint density at radius 1 is 1.23 bits per heavy atom. The molecule has 1 aliphatic rings. The first-order chi connectivity index (χ1) is 15.9. The molecule has 1 amide bonds. The molecule has 0 spiro atoms. The fraction of sp³-hybridized carbons (Fsp3) is 0.348. The quantitative estimate of drug-likeness (QED) is 0.346. The van der Waals surface area contributed by atoms with Crippen molar-refractivity contribution in [3.8, 4) is 23.0 Å². The van der Waals surface area contributed by atoms with Gasteiger partial charge in [-0.3, -0.25) is 9.78 Å². The van der Waals surface area contributed by atoms with Gasteiger partial charge in [0.2, 0.25) is 5.89 Å². The van der Waals surface area contributed by atoms with Crippen LogP contribution in [-0.2, 0) is 6.54 Å². The Hall–Kier alpha value is -2.23. The van der Waals surface area contributed by atoms with Gasteiger partial charge in [0, 0.05) is 30.1 Å². The predicted molar refractivity (Wildman–Crippen MR) is 139 cm³/mol. The maximum atomic E-state index is 12.9. The number of nitrogens with one attached hydrogen (secondary N) is 1. The van der Waals surface area contributed by atoms with Gasteiger partial charge in [0.05, 0.1) is 29.8 Å². The fourth-order valence-corrected chi connectivity index (χ4v) is 3.70. The van der Waals surface area contributed by atoms with Crippen molar-refractivity contribution in [1.82, 2.24) is 15.3 Å². The lowest BCUT2D eigenvalue weighted by Crippen LogP contribution is -2.25. The third kappa shape index (κ3) is 6.92. The molecule has 0 aliphatic heterocycles. The molecule has 35 heavy (non-hydrogen) atoms. The summed E-state index contributed by atoms with van der Waals surface area (Å²) in [6, 6.07) is 4.80. The molecule has 2 heterocycles. The van der Waals surface area contributed by atoms with Crippen LogP contribution in [0.2, 0.25) is 10.0 Å². The van der Waals surface area contributed by atoms with Crippen LogP contribution in [0, 0.1) is 5.92 Å². The third-order valence-corrected chi connectivity index (χ3v) is 5.89. The first-order valence-electron chi connectivity index (χ1n) is 10.5. The van der Waals surface area contributed by atoms with Crippen LogP contribution in [0.3, 0.4) is 0 Å². The zero-order chi connectivity index (χ0) is 23.5. The van der Waals surface area contributed by atoms with Crippen LogP contribution in [-0.4, -0.2) is 29.6 Å². The van der Waals surface area contributed by atoms with Crippen LogP contribution in [0.4, 0.5) is 0 Å². The number of benzene rings is 1. The first-order valence-corrected chi connectivity index (χ1v) is 11.3. The number of carbonyl (C=O) groups excluding carboxylic acids is 1. The van der Waals surface area contributed by atoms with E-state index < -0.39 is 11.9 Å². The summed E-state index contributed by atoms with van der Waals surface area (Å²) in [5.74, 6) is 1.86. The van der Waals surface area contributed by atoms with E-state index in [1.165, 1.54) is 25.2 Å². The van der Waals surface area contributed by atoms with Crippen LogP contribution in [0.1, 0.15) is 47.6 Å². The maximum absolute atomic E-state index is 12.9. The molecule has 1 saturated carbocycles. The molecule has 12 heteroatoms. The average molecular weight is 564 g/mol. The summed E-state index contributed by atoms with van der Waals surface area (Å²) in [5.41, 5.74) is 7.35. The summed E-state index contributed by atoms with van der Waals surface area (Å²) in [6.07, 6.45) is 5.27. The van der Waals surface area contributed by atoms with Gasteiger partial charge >= 0.3 is 0 Å². The Labute approximate surface area is 225 Å². The normalized spacial score (nSPS) is 13.3. The minimum Gasteiger partial charge on any atom is -0.493 e. The first kappa shape index (κ1) is 29.0. The van der Waals surface area contributed by atoms with Crippen molar-refractivity contribution < 1.29 is 18.7 Å². The molecule has 1 unspecified atom stereocenters. The smallest absolute Gasteiger partial charge is 0.273 e. The topological polar surface area (TPSA) is 112 Å². The molecule has 1 atom stereocenters. The van der Waals surface area contributed by atoms with Gasteiger partial charge in [-0.25, -0.2) is 4.98 Å². The summed E-state index contributed by atoms with van der Waals surface area (Å²) in [7, 11) is 1.59. The number of hydrogen-bond acceptors (Lipinski definition) is 7. The maximum Gasteiger partial charge on any atom is 0.273 e. The highest BCUT2D eigenvalue weighted by atomic mass is 35.5. The van der Waals surface area contributed by atoms with E-state index in [2.05, 4.69) is 15.3 Å². The van der Waals surface area contributed by atoms with Gasteiger partial charge in [-0.2, -0.15) is 0 Å². The number of halogens is 4. The molecular weight excluding hydrogens is 538 g/mol. The fourth-order valence-electron chi connectivity index (χ4n) is 3.20. The van der Waals surface area contributed by atoms with Crippen molar-refractivity contribution >= 4 is 53.9 Å². The highest BCUT2D eigenvalue weighted by Crippen LogP contribution is 2.36. The van der Waals surface area contributed by atoms with Crippen molar-refractivity contribution in [2.45, 2.75) is 32.4 Å². The number of nitrogens with two attached hydrogens (primary N) is 1. The van der Waals surface area contributed by atoms with Crippen LogP contribution in [0.15, 0.2) is 35.0 Å². The summed E-state index contributed by atoms with van der Waals surface area (Å²) in [5, 5.41) is 3.48. The zero-order valence-electron chi connectivity index (χ0n) is 19.0. The lowest BCUT2D eigenvalue weighted by atomic mass is 10.2. The van der Waals surface area contributed by atoms with Crippen LogP contribution in [0.25, 0.3) is 11.5 Å². The molecule has 3 aromatic rings.